The minimum absolute atomic E-state index is 0.0172. The van der Waals surface area contributed by atoms with Gasteiger partial charge in [-0.15, -0.1) is 0 Å². The Kier molecular flexibility index (Phi) is 17.5. The van der Waals surface area contributed by atoms with Gasteiger partial charge in [0.25, 0.3) is 0 Å². The minimum atomic E-state index is -1.20. The molecular weight excluding hydrogens is 850 g/mol. The number of halogens is 1. The van der Waals surface area contributed by atoms with Gasteiger partial charge in [-0.25, -0.2) is 4.39 Å². The number of para-hydroxylation sites is 1. The highest BCUT2D eigenvalue weighted by Gasteiger charge is 2.40. The molecule has 3 heterocycles. The highest BCUT2D eigenvalue weighted by molar-refractivity contribution is 5.98. The van der Waals surface area contributed by atoms with Crippen molar-refractivity contribution in [2.24, 2.45) is 22.4 Å². The summed E-state index contributed by atoms with van der Waals surface area (Å²) in [7, 11) is 0. The monoisotopic (exact) mass is 913 g/mol. The molecule has 3 unspecified atom stereocenters. The van der Waals surface area contributed by atoms with Crippen LogP contribution in [0.25, 0.3) is 10.9 Å². The smallest absolute Gasteiger partial charge is 0.245 e. The van der Waals surface area contributed by atoms with E-state index in [-0.39, 0.29) is 63.6 Å². The average molecular weight is 914 g/mol. The quantitative estimate of drug-likeness (QED) is 0.0682. The van der Waals surface area contributed by atoms with Gasteiger partial charge in [-0.1, -0.05) is 62.4 Å². The van der Waals surface area contributed by atoms with E-state index in [1.165, 1.54) is 30.0 Å². The van der Waals surface area contributed by atoms with E-state index in [9.17, 15) is 38.0 Å². The van der Waals surface area contributed by atoms with Crippen molar-refractivity contribution in [3.05, 3.63) is 71.7 Å². The molecule has 66 heavy (non-hydrogen) atoms. The van der Waals surface area contributed by atoms with Gasteiger partial charge in [0.1, 0.15) is 42.1 Å². The summed E-state index contributed by atoms with van der Waals surface area (Å²) in [5, 5.41) is 17.9. The van der Waals surface area contributed by atoms with E-state index in [0.29, 0.717) is 31.2 Å². The molecule has 11 N–H and O–H groups in total. The number of H-pyrrole nitrogens is 1. The fraction of sp³-hybridized carbons (Fsp3) is 0.532. The Hall–Kier alpha value is -6.53. The van der Waals surface area contributed by atoms with Gasteiger partial charge >= 0.3 is 0 Å². The predicted octanol–water partition coefficient (Wildman–Crippen LogP) is 1.46. The molecular formula is C47H64FN11O7. The van der Waals surface area contributed by atoms with E-state index >= 15 is 0 Å². The van der Waals surface area contributed by atoms with Gasteiger partial charge in [0.2, 0.25) is 41.4 Å². The summed E-state index contributed by atoms with van der Waals surface area (Å²) >= 11 is 0. The highest BCUT2D eigenvalue weighted by Crippen LogP contribution is 2.28. The lowest BCUT2D eigenvalue weighted by molar-refractivity contribution is -0.142. The number of aromatic amines is 1. The first-order chi connectivity index (χ1) is 31.7. The zero-order valence-corrected chi connectivity index (χ0v) is 37.5. The Morgan fingerprint density at radius 3 is 2.35 bits per heavy atom. The third-order valence-corrected chi connectivity index (χ3v) is 12.7. The van der Waals surface area contributed by atoms with Gasteiger partial charge in [0, 0.05) is 56.5 Å². The second kappa shape index (κ2) is 23.6. The standard InChI is InChI=1S/C47H64FN11O7/c1-28(60)54-37(25-30-13-7-14-32(48)23-30)42(62)56-36-18-9-20-51-41(61)35(17-8-21-52-47(49)50)55-44(64)39(26-31-27-53-34-16-6-5-15-33(31)34)57-43(63)38(24-29-11-3-2-4-12-29)58-45(65)40-19-10-22-59(40)46(36)66/h5-7,13-16,23,27,29,35-40,53H,2-4,8-12,17-22,24-26H2,1H3,(H,51,61)(H,54,60)(H,55,64)(H,56,62)(H,57,63)(H,58,65)(H4,49,50,52)/t35?,36-,37-,38+,39?,40?/m0/s1. The van der Waals surface area contributed by atoms with E-state index in [2.05, 4.69) is 41.9 Å². The van der Waals surface area contributed by atoms with E-state index < -0.39 is 83.4 Å². The van der Waals surface area contributed by atoms with Crippen LogP contribution in [0.4, 0.5) is 4.39 Å². The number of nitrogens with two attached hydrogens (primary N) is 2. The molecule has 0 radical (unpaired) electrons. The number of aliphatic imine (C=N–C) groups is 1. The molecule has 6 atom stereocenters. The fourth-order valence-corrected chi connectivity index (χ4v) is 9.33. The number of rotatable bonds is 13. The van der Waals surface area contributed by atoms with E-state index in [1.54, 1.807) is 12.3 Å². The normalized spacial score (nSPS) is 23.3. The van der Waals surface area contributed by atoms with E-state index in [1.807, 2.05) is 24.3 Å². The molecule has 1 aliphatic carbocycles. The summed E-state index contributed by atoms with van der Waals surface area (Å²) < 4.78 is 14.1. The summed E-state index contributed by atoms with van der Waals surface area (Å²) in [5.41, 5.74) is 13.1. The number of nitrogens with zero attached hydrogens (tertiary/aromatic N) is 2. The molecule has 0 bridgehead atoms. The lowest BCUT2D eigenvalue weighted by Gasteiger charge is -2.32. The topological polar surface area (TPSA) is 275 Å². The fourth-order valence-electron chi connectivity index (χ4n) is 9.33. The van der Waals surface area contributed by atoms with Crippen LogP contribution in [0, 0.1) is 11.7 Å². The Morgan fingerprint density at radius 1 is 0.848 bits per heavy atom. The molecule has 19 heteroatoms. The molecule has 1 saturated carbocycles. The largest absolute Gasteiger partial charge is 0.370 e. The number of amides is 7. The van der Waals surface area contributed by atoms with Crippen molar-refractivity contribution in [2.45, 2.75) is 133 Å². The van der Waals surface area contributed by atoms with Crippen molar-refractivity contribution in [3.63, 3.8) is 0 Å². The predicted molar refractivity (Wildman–Crippen MR) is 246 cm³/mol. The number of fused-ring (bicyclic) bond motifs is 2. The van der Waals surface area contributed by atoms with Gasteiger partial charge < -0.3 is 53.3 Å². The lowest BCUT2D eigenvalue weighted by Crippen LogP contribution is -2.60. The van der Waals surface area contributed by atoms with Crippen molar-refractivity contribution < 1.29 is 38.0 Å². The number of aromatic nitrogens is 1. The maximum Gasteiger partial charge on any atom is 0.245 e. The number of carbonyl (C=O) groups is 7. The second-order valence-electron chi connectivity index (χ2n) is 17.7. The van der Waals surface area contributed by atoms with Gasteiger partial charge in [-0.05, 0) is 80.2 Å². The van der Waals surface area contributed by atoms with Crippen molar-refractivity contribution in [2.75, 3.05) is 19.6 Å². The molecule has 3 aromatic rings. The third-order valence-electron chi connectivity index (χ3n) is 12.7. The summed E-state index contributed by atoms with van der Waals surface area (Å²) in [6, 6.07) is 6.52. The number of benzene rings is 2. The van der Waals surface area contributed by atoms with Crippen LogP contribution in [0.1, 0.15) is 95.1 Å². The molecule has 3 aliphatic rings. The SMILES string of the molecule is CC(=O)N[C@@H](Cc1cccc(F)c1)C(=O)N[C@H]1CCCNC(=O)C(CCCN=C(N)N)NC(=O)C(Cc2c[nH]c3ccccc23)NC(=O)[C@@H](CC2CCCCC2)NC(=O)C2CCCN2C1=O. The minimum Gasteiger partial charge on any atom is -0.370 e. The first-order valence-electron chi connectivity index (χ1n) is 23.2. The van der Waals surface area contributed by atoms with E-state index in [0.717, 1.165) is 48.6 Å². The van der Waals surface area contributed by atoms with Crippen LogP contribution < -0.4 is 43.4 Å². The zero-order valence-electron chi connectivity index (χ0n) is 37.5. The Balaban J connectivity index is 1.31. The highest BCUT2D eigenvalue weighted by atomic mass is 19.1. The number of hydrogen-bond acceptors (Lipinski definition) is 8. The van der Waals surface area contributed by atoms with Crippen LogP contribution in [-0.4, -0.2) is 113 Å². The van der Waals surface area contributed by atoms with Gasteiger partial charge in [0.05, 0.1) is 0 Å². The summed E-state index contributed by atoms with van der Waals surface area (Å²) in [4.78, 5) is 107. The van der Waals surface area contributed by atoms with Crippen LogP contribution in [-0.2, 0) is 46.4 Å². The number of nitrogens with one attached hydrogen (secondary N) is 7. The molecule has 3 fully saturated rings. The molecule has 18 nitrogen and oxygen atoms in total. The maximum atomic E-state index is 14.6. The molecule has 6 rings (SSSR count). The van der Waals surface area contributed by atoms with Gasteiger partial charge in [-0.3, -0.25) is 38.6 Å². The molecule has 2 aliphatic heterocycles. The van der Waals surface area contributed by atoms with Crippen molar-refractivity contribution >= 4 is 58.2 Å². The molecule has 1 aromatic heterocycles. The van der Waals surface area contributed by atoms with Crippen LogP contribution >= 0.6 is 0 Å². The van der Waals surface area contributed by atoms with Crippen LogP contribution in [0.15, 0.2) is 59.7 Å². The van der Waals surface area contributed by atoms with Crippen LogP contribution in [0.3, 0.4) is 0 Å². The Bertz CT molecular complexity index is 2240. The Labute approximate surface area is 383 Å². The van der Waals surface area contributed by atoms with Crippen LogP contribution in [0.2, 0.25) is 0 Å². The summed E-state index contributed by atoms with van der Waals surface area (Å²) in [5.74, 6) is -4.53. The summed E-state index contributed by atoms with van der Waals surface area (Å²) in [6.45, 7) is 1.65. The van der Waals surface area contributed by atoms with Gasteiger partial charge in [-0.2, -0.15) is 0 Å². The second-order valence-corrected chi connectivity index (χ2v) is 17.7. The van der Waals surface area contributed by atoms with E-state index in [4.69, 9.17) is 11.5 Å². The number of guanidine groups is 1. The first-order valence-corrected chi connectivity index (χ1v) is 23.2. The number of carbonyl (C=O) groups excluding carboxylic acids is 7. The van der Waals surface area contributed by atoms with Crippen molar-refractivity contribution in [1.82, 2.24) is 41.8 Å². The third kappa shape index (κ3) is 13.7. The lowest BCUT2D eigenvalue weighted by atomic mass is 9.84. The molecule has 356 valence electrons. The molecule has 2 saturated heterocycles. The first kappa shape index (κ1) is 48.9. The molecule has 0 spiro atoms. The van der Waals surface area contributed by atoms with Crippen molar-refractivity contribution in [3.8, 4) is 0 Å². The summed E-state index contributed by atoms with van der Waals surface area (Å²) in [6.07, 6.45) is 8.27. The van der Waals surface area contributed by atoms with Crippen LogP contribution in [0.5, 0.6) is 0 Å². The molecule has 7 amide bonds. The maximum absolute atomic E-state index is 14.6. The zero-order chi connectivity index (χ0) is 47.2. The average Bonchev–Trinajstić information content (AvgIpc) is 3.95. The number of hydrogen-bond donors (Lipinski definition) is 9. The van der Waals surface area contributed by atoms with Gasteiger partial charge in [0.15, 0.2) is 5.96 Å². The van der Waals surface area contributed by atoms with Crippen molar-refractivity contribution in [1.29, 1.82) is 0 Å². The Morgan fingerprint density at radius 2 is 1.59 bits per heavy atom. The molecule has 2 aromatic carbocycles.